The lowest BCUT2D eigenvalue weighted by molar-refractivity contribution is -0.108. The molecule has 6 heteroatoms. The molecule has 15 heavy (non-hydrogen) atoms. The molecule has 0 bridgehead atoms. The molecule has 0 saturated carbocycles. The smallest absolute Gasteiger partial charge is 0.178 e. The molecule has 0 radical (unpaired) electrons. The molecule has 0 heterocycles. The third-order valence-electron chi connectivity index (χ3n) is 1.74. The van der Waals surface area contributed by atoms with E-state index >= 15 is 0 Å². The van der Waals surface area contributed by atoms with Crippen molar-refractivity contribution in [2.24, 2.45) is 0 Å². The minimum Gasteiger partial charge on any atom is -0.302 e. The summed E-state index contributed by atoms with van der Waals surface area (Å²) in [6, 6.07) is 2.27. The monoisotopic (exact) mass is 249 g/mol. The number of carbonyl (C=O) groups excluding carboxylic acids is 1. The van der Waals surface area contributed by atoms with Crippen LogP contribution in [-0.2, 0) is 4.79 Å². The van der Waals surface area contributed by atoms with Crippen molar-refractivity contribution >= 4 is 29.5 Å². The highest BCUT2D eigenvalue weighted by Gasteiger charge is 2.21. The van der Waals surface area contributed by atoms with Gasteiger partial charge in [0.05, 0.1) is 16.1 Å². The van der Waals surface area contributed by atoms with Crippen molar-refractivity contribution in [2.45, 2.75) is 5.92 Å². The van der Waals surface area contributed by atoms with Crippen molar-refractivity contribution in [1.29, 1.82) is 5.26 Å². The number of nitriles is 1. The number of hydrogen-bond acceptors (Lipinski definition) is 2. The molecular weight excluding hydrogens is 247 g/mol. The summed E-state index contributed by atoms with van der Waals surface area (Å²) >= 11 is 10.9. The molecule has 78 valence electrons. The summed E-state index contributed by atoms with van der Waals surface area (Å²) in [6.07, 6.45) is 0.273. The van der Waals surface area contributed by atoms with Gasteiger partial charge in [-0.1, -0.05) is 23.2 Å². The second-order valence-corrected chi connectivity index (χ2v) is 3.39. The van der Waals surface area contributed by atoms with E-state index in [4.69, 9.17) is 28.5 Å². The summed E-state index contributed by atoms with van der Waals surface area (Å²) in [5.74, 6) is -3.81. The lowest BCUT2D eigenvalue weighted by Crippen LogP contribution is -2.01. The molecule has 0 fully saturated rings. The van der Waals surface area contributed by atoms with E-state index in [1.165, 1.54) is 0 Å². The zero-order chi connectivity index (χ0) is 11.6. The summed E-state index contributed by atoms with van der Waals surface area (Å²) in [5, 5.41) is 7.60. The van der Waals surface area contributed by atoms with Crippen molar-refractivity contribution in [3.8, 4) is 6.07 Å². The van der Waals surface area contributed by atoms with Gasteiger partial charge in [-0.3, -0.25) is 0 Å². The molecule has 0 aliphatic rings. The highest BCUT2D eigenvalue weighted by atomic mass is 35.5. The zero-order valence-electron chi connectivity index (χ0n) is 7.10. The molecule has 2 nitrogen and oxygen atoms in total. The Hall–Kier alpha value is -1.18. The van der Waals surface area contributed by atoms with Crippen LogP contribution in [0.2, 0.25) is 10.0 Å². The fourth-order valence-electron chi connectivity index (χ4n) is 0.991. The number of benzene rings is 1. The molecule has 1 aromatic rings. The van der Waals surface area contributed by atoms with Crippen molar-refractivity contribution in [2.75, 3.05) is 0 Å². The Morgan fingerprint density at radius 1 is 1.40 bits per heavy atom. The Balaban J connectivity index is 3.45. The summed E-state index contributed by atoms with van der Waals surface area (Å²) in [6.45, 7) is 0. The second-order valence-electron chi connectivity index (χ2n) is 2.63. The predicted octanol–water partition coefficient (Wildman–Crippen LogP) is 3.08. The van der Waals surface area contributed by atoms with Crippen LogP contribution in [-0.4, -0.2) is 6.29 Å². The highest BCUT2D eigenvalue weighted by Crippen LogP contribution is 2.33. The maximum Gasteiger partial charge on any atom is 0.178 e. The molecule has 1 rings (SSSR count). The quantitative estimate of drug-likeness (QED) is 0.459. The molecule has 0 N–H and O–H groups in total. The third-order valence-corrected chi connectivity index (χ3v) is 2.60. The summed E-state index contributed by atoms with van der Waals surface area (Å²) < 4.78 is 25.8. The molecule has 1 atom stereocenters. The van der Waals surface area contributed by atoms with Crippen LogP contribution in [0.4, 0.5) is 8.78 Å². The van der Waals surface area contributed by atoms with Crippen LogP contribution in [0.3, 0.4) is 0 Å². The van der Waals surface area contributed by atoms with Crippen LogP contribution < -0.4 is 0 Å². The van der Waals surface area contributed by atoms with Gasteiger partial charge in [0.25, 0.3) is 0 Å². The molecule has 1 unspecified atom stereocenters. The molecule has 0 aliphatic carbocycles. The summed E-state index contributed by atoms with van der Waals surface area (Å²) in [5.41, 5.74) is -0.141. The van der Waals surface area contributed by atoms with Gasteiger partial charge in [-0.2, -0.15) is 5.26 Å². The molecule has 0 aliphatic heterocycles. The van der Waals surface area contributed by atoms with E-state index < -0.39 is 22.6 Å². The Labute approximate surface area is 94.0 Å². The number of hydrogen-bond donors (Lipinski definition) is 0. The number of nitrogens with zero attached hydrogens (tertiary/aromatic N) is 1. The first-order valence-electron chi connectivity index (χ1n) is 3.70. The maximum absolute atomic E-state index is 12.9. The van der Waals surface area contributed by atoms with Gasteiger partial charge in [-0.05, 0) is 11.6 Å². The van der Waals surface area contributed by atoms with Crippen LogP contribution in [0.25, 0.3) is 0 Å². The topological polar surface area (TPSA) is 40.9 Å². The summed E-state index contributed by atoms with van der Waals surface area (Å²) in [7, 11) is 0. The van der Waals surface area contributed by atoms with Crippen LogP contribution in [0.15, 0.2) is 6.07 Å². The third kappa shape index (κ3) is 2.09. The van der Waals surface area contributed by atoms with E-state index in [1.807, 2.05) is 0 Å². The lowest BCUT2D eigenvalue weighted by atomic mass is 10.0. The Bertz CT molecular complexity index is 456. The van der Waals surface area contributed by atoms with Crippen LogP contribution in [0.1, 0.15) is 11.5 Å². The first kappa shape index (κ1) is 11.9. The number of carbonyl (C=O) groups is 1. The number of rotatable bonds is 2. The fraction of sp³-hybridized carbons (Fsp3) is 0.111. The van der Waals surface area contributed by atoms with Crippen LogP contribution in [0, 0.1) is 23.0 Å². The van der Waals surface area contributed by atoms with E-state index in [0.29, 0.717) is 6.07 Å². The average molecular weight is 250 g/mol. The molecular formula is C9H3Cl2F2NO. The second kappa shape index (κ2) is 4.56. The Morgan fingerprint density at radius 2 is 2.00 bits per heavy atom. The Morgan fingerprint density at radius 3 is 2.47 bits per heavy atom. The van der Waals surface area contributed by atoms with Gasteiger partial charge in [-0.15, -0.1) is 0 Å². The maximum atomic E-state index is 12.9. The van der Waals surface area contributed by atoms with Crippen LogP contribution >= 0.6 is 23.2 Å². The van der Waals surface area contributed by atoms with E-state index in [9.17, 15) is 13.6 Å². The van der Waals surface area contributed by atoms with Gasteiger partial charge in [0, 0.05) is 0 Å². The lowest BCUT2D eigenvalue weighted by Gasteiger charge is -2.07. The largest absolute Gasteiger partial charge is 0.302 e. The molecule has 0 aromatic heterocycles. The van der Waals surface area contributed by atoms with Gasteiger partial charge in [0.1, 0.15) is 12.2 Å². The first-order valence-corrected chi connectivity index (χ1v) is 4.46. The standard InChI is InChI=1S/C9H3Cl2F2NO/c10-7-5(4(2-14)3-15)1-6(12)9(13)8(7)11/h1,3-4H. The minimum absolute atomic E-state index is 0.141. The molecule has 1 aromatic carbocycles. The van der Waals surface area contributed by atoms with Gasteiger partial charge >= 0.3 is 0 Å². The van der Waals surface area contributed by atoms with Gasteiger partial charge < -0.3 is 4.79 Å². The van der Waals surface area contributed by atoms with Crippen molar-refractivity contribution in [3.63, 3.8) is 0 Å². The van der Waals surface area contributed by atoms with E-state index in [1.54, 1.807) is 6.07 Å². The average Bonchev–Trinajstić information content (AvgIpc) is 2.24. The minimum atomic E-state index is -1.30. The first-order chi connectivity index (χ1) is 7.02. The van der Waals surface area contributed by atoms with Crippen molar-refractivity contribution in [3.05, 3.63) is 33.3 Å². The molecule has 0 amide bonds. The summed E-state index contributed by atoms with van der Waals surface area (Å²) in [4.78, 5) is 10.5. The van der Waals surface area contributed by atoms with Crippen LogP contribution in [0.5, 0.6) is 0 Å². The number of halogens is 4. The zero-order valence-corrected chi connectivity index (χ0v) is 8.61. The SMILES string of the molecule is N#CC(C=O)c1cc(F)c(F)c(Cl)c1Cl. The molecule has 0 saturated heterocycles. The van der Waals surface area contributed by atoms with E-state index in [-0.39, 0.29) is 16.9 Å². The van der Waals surface area contributed by atoms with Crippen molar-refractivity contribution < 1.29 is 13.6 Å². The number of aldehydes is 1. The van der Waals surface area contributed by atoms with Gasteiger partial charge in [-0.25, -0.2) is 8.78 Å². The molecule has 0 spiro atoms. The fourth-order valence-corrected chi connectivity index (χ4v) is 1.45. The van der Waals surface area contributed by atoms with Gasteiger partial charge in [0.15, 0.2) is 11.6 Å². The van der Waals surface area contributed by atoms with E-state index in [2.05, 4.69) is 0 Å². The highest BCUT2D eigenvalue weighted by molar-refractivity contribution is 6.42. The Kier molecular flexibility index (Phi) is 3.61. The predicted molar refractivity (Wildman–Crippen MR) is 50.8 cm³/mol. The normalized spacial score (nSPS) is 11.9. The van der Waals surface area contributed by atoms with Gasteiger partial charge in [0.2, 0.25) is 0 Å². The van der Waals surface area contributed by atoms with Crippen molar-refractivity contribution in [1.82, 2.24) is 0 Å². The van der Waals surface area contributed by atoms with E-state index in [0.717, 1.165) is 0 Å².